The lowest BCUT2D eigenvalue weighted by molar-refractivity contribution is 0.102. The predicted octanol–water partition coefficient (Wildman–Crippen LogP) is 2.86. The molecule has 0 saturated carbocycles. The maximum Gasteiger partial charge on any atom is 0.257 e. The van der Waals surface area contributed by atoms with Gasteiger partial charge in [-0.05, 0) is 51.1 Å². The summed E-state index contributed by atoms with van der Waals surface area (Å²) in [6.07, 6.45) is 1.41. The van der Waals surface area contributed by atoms with Crippen LogP contribution in [0.25, 0.3) is 0 Å². The molecule has 1 amide bonds. The number of carbonyl (C=O) groups excluding carboxylic acids is 1. The molecule has 0 aliphatic heterocycles. The number of hydrogen-bond acceptors (Lipinski definition) is 3. The van der Waals surface area contributed by atoms with Crippen LogP contribution < -0.4 is 15.8 Å². The second-order valence-corrected chi connectivity index (χ2v) is 5.32. The first-order chi connectivity index (χ1) is 10.5. The highest BCUT2D eigenvalue weighted by atomic mass is 16.1. The Morgan fingerprint density at radius 2 is 1.86 bits per heavy atom. The molecule has 0 aliphatic carbocycles. The van der Waals surface area contributed by atoms with E-state index in [2.05, 4.69) is 36.0 Å². The van der Waals surface area contributed by atoms with Gasteiger partial charge >= 0.3 is 0 Å². The van der Waals surface area contributed by atoms with Gasteiger partial charge in [0.25, 0.3) is 5.91 Å². The van der Waals surface area contributed by atoms with Crippen LogP contribution in [0.15, 0.2) is 47.4 Å². The van der Waals surface area contributed by atoms with Crippen LogP contribution in [-0.2, 0) is 0 Å². The Bertz CT molecular complexity index is 669. The first-order valence-electron chi connectivity index (χ1n) is 7.38. The number of carbonyl (C=O) groups is 1. The Hall–Kier alpha value is -2.56. The first kappa shape index (κ1) is 15.8. The lowest BCUT2D eigenvalue weighted by Crippen LogP contribution is -2.30. The van der Waals surface area contributed by atoms with Crippen LogP contribution in [-0.4, -0.2) is 23.5 Å². The molecule has 116 valence electrons. The predicted molar refractivity (Wildman–Crippen MR) is 89.6 cm³/mol. The summed E-state index contributed by atoms with van der Waals surface area (Å²) in [5.41, 5.74) is 2.04. The second-order valence-electron chi connectivity index (χ2n) is 5.32. The van der Waals surface area contributed by atoms with Gasteiger partial charge in [0.2, 0.25) is 5.56 Å². The molecule has 0 bridgehead atoms. The highest BCUT2D eigenvalue weighted by Crippen LogP contribution is 2.20. The van der Waals surface area contributed by atoms with Crippen LogP contribution in [0.4, 0.5) is 11.4 Å². The van der Waals surface area contributed by atoms with Crippen molar-refractivity contribution in [1.29, 1.82) is 0 Å². The molecule has 2 N–H and O–H groups in total. The highest BCUT2D eigenvalue weighted by Gasteiger charge is 2.09. The van der Waals surface area contributed by atoms with E-state index in [0.29, 0.717) is 11.6 Å². The molecule has 1 aromatic carbocycles. The number of aromatic nitrogens is 1. The molecule has 0 aliphatic rings. The number of pyridine rings is 1. The van der Waals surface area contributed by atoms with Crippen molar-refractivity contribution in [2.45, 2.75) is 26.8 Å². The topological polar surface area (TPSA) is 65.2 Å². The maximum absolute atomic E-state index is 12.1. The standard InChI is InChI=1S/C17H21N3O2/c1-4-20(12(2)3)15-8-6-14(7-9-15)19-17(22)13-5-10-16(21)18-11-13/h5-12H,4H2,1-3H3,(H,18,21)(H,19,22). The summed E-state index contributed by atoms with van der Waals surface area (Å²) in [5, 5.41) is 2.81. The minimum Gasteiger partial charge on any atom is -0.369 e. The van der Waals surface area contributed by atoms with Crippen molar-refractivity contribution in [2.75, 3.05) is 16.8 Å². The minimum absolute atomic E-state index is 0.228. The summed E-state index contributed by atoms with van der Waals surface area (Å²) in [5.74, 6) is -0.250. The third kappa shape index (κ3) is 3.75. The largest absolute Gasteiger partial charge is 0.369 e. The molecule has 5 nitrogen and oxygen atoms in total. The van der Waals surface area contributed by atoms with Gasteiger partial charge in [0.05, 0.1) is 5.56 Å². The van der Waals surface area contributed by atoms with Crippen molar-refractivity contribution in [3.05, 3.63) is 58.5 Å². The maximum atomic E-state index is 12.1. The van der Waals surface area contributed by atoms with Crippen LogP contribution in [0.1, 0.15) is 31.1 Å². The van der Waals surface area contributed by atoms with Crippen molar-refractivity contribution in [3.8, 4) is 0 Å². The van der Waals surface area contributed by atoms with Gasteiger partial charge in [-0.2, -0.15) is 0 Å². The lowest BCUT2D eigenvalue weighted by Gasteiger charge is -2.27. The lowest BCUT2D eigenvalue weighted by atomic mass is 10.2. The van der Waals surface area contributed by atoms with Crippen molar-refractivity contribution < 1.29 is 4.79 Å². The Morgan fingerprint density at radius 1 is 1.18 bits per heavy atom. The number of amides is 1. The molecule has 22 heavy (non-hydrogen) atoms. The molecule has 0 radical (unpaired) electrons. The fourth-order valence-corrected chi connectivity index (χ4v) is 2.34. The zero-order valence-electron chi connectivity index (χ0n) is 13.1. The molecule has 0 unspecified atom stereocenters. The Kier molecular flexibility index (Phi) is 4.99. The van der Waals surface area contributed by atoms with E-state index < -0.39 is 0 Å². The summed E-state index contributed by atoms with van der Waals surface area (Å²) in [6, 6.07) is 11.0. The third-order valence-electron chi connectivity index (χ3n) is 3.47. The molecule has 0 spiro atoms. The van der Waals surface area contributed by atoms with E-state index in [4.69, 9.17) is 0 Å². The van der Waals surface area contributed by atoms with Gasteiger partial charge in [-0.15, -0.1) is 0 Å². The van der Waals surface area contributed by atoms with Crippen LogP contribution >= 0.6 is 0 Å². The molecule has 0 saturated heterocycles. The highest BCUT2D eigenvalue weighted by molar-refractivity contribution is 6.04. The fraction of sp³-hybridized carbons (Fsp3) is 0.294. The smallest absolute Gasteiger partial charge is 0.257 e. The zero-order valence-corrected chi connectivity index (χ0v) is 13.1. The van der Waals surface area contributed by atoms with E-state index in [9.17, 15) is 9.59 Å². The van der Waals surface area contributed by atoms with Gasteiger partial charge in [-0.3, -0.25) is 9.59 Å². The minimum atomic E-state index is -0.250. The molecule has 0 atom stereocenters. The van der Waals surface area contributed by atoms with Gasteiger partial charge in [-0.1, -0.05) is 0 Å². The molecule has 2 rings (SSSR count). The number of H-pyrrole nitrogens is 1. The number of rotatable bonds is 5. The molecule has 1 aromatic heterocycles. The van der Waals surface area contributed by atoms with Crippen LogP contribution in [0.5, 0.6) is 0 Å². The van der Waals surface area contributed by atoms with Crippen molar-refractivity contribution >= 4 is 17.3 Å². The fourth-order valence-electron chi connectivity index (χ4n) is 2.34. The summed E-state index contributed by atoms with van der Waals surface area (Å²) < 4.78 is 0. The van der Waals surface area contributed by atoms with Crippen molar-refractivity contribution in [1.82, 2.24) is 4.98 Å². The first-order valence-corrected chi connectivity index (χ1v) is 7.38. The normalized spacial score (nSPS) is 10.5. The second kappa shape index (κ2) is 6.93. The number of anilines is 2. The number of aromatic amines is 1. The van der Waals surface area contributed by atoms with Crippen LogP contribution in [0.2, 0.25) is 0 Å². The van der Waals surface area contributed by atoms with E-state index in [0.717, 1.165) is 17.9 Å². The number of nitrogens with one attached hydrogen (secondary N) is 2. The van der Waals surface area contributed by atoms with Crippen LogP contribution in [0.3, 0.4) is 0 Å². The molecule has 5 heteroatoms. The Labute approximate surface area is 130 Å². The van der Waals surface area contributed by atoms with Crippen molar-refractivity contribution in [2.24, 2.45) is 0 Å². The van der Waals surface area contributed by atoms with Crippen LogP contribution in [0, 0.1) is 0 Å². The van der Waals surface area contributed by atoms with Gasteiger partial charge < -0.3 is 15.2 Å². The summed E-state index contributed by atoms with van der Waals surface area (Å²) in [6.45, 7) is 7.34. The average Bonchev–Trinajstić information content (AvgIpc) is 2.50. The van der Waals surface area contributed by atoms with E-state index in [-0.39, 0.29) is 11.5 Å². The molecule has 1 heterocycles. The molecular formula is C17H21N3O2. The number of nitrogens with zero attached hydrogens (tertiary/aromatic N) is 1. The third-order valence-corrected chi connectivity index (χ3v) is 3.47. The summed E-state index contributed by atoms with van der Waals surface area (Å²) in [7, 11) is 0. The quantitative estimate of drug-likeness (QED) is 0.892. The van der Waals surface area contributed by atoms with E-state index in [1.54, 1.807) is 0 Å². The monoisotopic (exact) mass is 299 g/mol. The molecule has 0 fully saturated rings. The Balaban J connectivity index is 2.09. The van der Waals surface area contributed by atoms with Gasteiger partial charge in [0.15, 0.2) is 0 Å². The molecular weight excluding hydrogens is 278 g/mol. The van der Waals surface area contributed by atoms with Gasteiger partial charge in [-0.25, -0.2) is 0 Å². The van der Waals surface area contributed by atoms with Gasteiger partial charge in [0.1, 0.15) is 0 Å². The van der Waals surface area contributed by atoms with E-state index >= 15 is 0 Å². The van der Waals surface area contributed by atoms with E-state index in [1.807, 2.05) is 24.3 Å². The number of hydrogen-bond donors (Lipinski definition) is 2. The zero-order chi connectivity index (χ0) is 16.1. The molecule has 2 aromatic rings. The number of benzene rings is 1. The van der Waals surface area contributed by atoms with E-state index in [1.165, 1.54) is 18.3 Å². The average molecular weight is 299 g/mol. The van der Waals surface area contributed by atoms with Crippen molar-refractivity contribution in [3.63, 3.8) is 0 Å². The SMILES string of the molecule is CCN(c1ccc(NC(=O)c2ccc(=O)[nH]c2)cc1)C(C)C. The summed E-state index contributed by atoms with van der Waals surface area (Å²) in [4.78, 5) is 27.8. The Morgan fingerprint density at radius 3 is 2.36 bits per heavy atom. The van der Waals surface area contributed by atoms with Gasteiger partial charge in [0, 0.05) is 36.2 Å². The summed E-state index contributed by atoms with van der Waals surface area (Å²) >= 11 is 0.